The number of ether oxygens (including phenoxy) is 1. The summed E-state index contributed by atoms with van der Waals surface area (Å²) in [5, 5.41) is 2.83. The summed E-state index contributed by atoms with van der Waals surface area (Å²) in [6, 6.07) is 14.2. The maximum atomic E-state index is 12.9. The number of benzene rings is 2. The maximum absolute atomic E-state index is 12.9. The molecule has 2 aromatic rings. The highest BCUT2D eigenvalue weighted by atomic mass is 32.2. The minimum atomic E-state index is -0.725. The van der Waals surface area contributed by atoms with E-state index in [9.17, 15) is 9.59 Å². The van der Waals surface area contributed by atoms with Crippen LogP contribution in [0.4, 0.5) is 5.69 Å². The molecule has 0 aliphatic carbocycles. The van der Waals surface area contributed by atoms with Gasteiger partial charge in [0.25, 0.3) is 5.91 Å². The highest BCUT2D eigenvalue weighted by molar-refractivity contribution is 8.26. The van der Waals surface area contributed by atoms with Crippen LogP contribution in [-0.2, 0) is 9.59 Å². The van der Waals surface area contributed by atoms with Crippen molar-refractivity contribution in [3.63, 3.8) is 0 Å². The number of para-hydroxylation sites is 1. The average molecular weight is 413 g/mol. The molecule has 1 heterocycles. The molecule has 1 saturated heterocycles. The molecule has 2 aromatic carbocycles. The summed E-state index contributed by atoms with van der Waals surface area (Å²) in [7, 11) is 1.58. The van der Waals surface area contributed by atoms with Crippen LogP contribution in [0.15, 0.2) is 53.4 Å². The molecule has 1 N–H and O–H groups in total. The number of methoxy groups -OCH3 is 1. The number of carbonyl (C=O) groups excluding carboxylic acids is 2. The van der Waals surface area contributed by atoms with Crippen LogP contribution in [0.3, 0.4) is 0 Å². The number of anilines is 1. The molecule has 28 heavy (non-hydrogen) atoms. The maximum Gasteiger partial charge on any atom is 0.266 e. The first-order chi connectivity index (χ1) is 13.4. The van der Waals surface area contributed by atoms with E-state index in [1.165, 1.54) is 16.7 Å². The largest absolute Gasteiger partial charge is 0.496 e. The number of hydrogen-bond acceptors (Lipinski definition) is 5. The summed E-state index contributed by atoms with van der Waals surface area (Å²) < 4.78 is 5.69. The van der Waals surface area contributed by atoms with Gasteiger partial charge in [-0.3, -0.25) is 14.5 Å². The average Bonchev–Trinajstić information content (AvgIpc) is 2.96. The van der Waals surface area contributed by atoms with Crippen molar-refractivity contribution in [2.45, 2.75) is 19.9 Å². The van der Waals surface area contributed by atoms with E-state index in [0.29, 0.717) is 20.7 Å². The lowest BCUT2D eigenvalue weighted by Gasteiger charge is -2.22. The number of thioether (sulfide) groups is 1. The molecule has 0 bridgehead atoms. The number of carbonyl (C=O) groups is 2. The number of nitrogens with zero attached hydrogens (tertiary/aromatic N) is 1. The van der Waals surface area contributed by atoms with Crippen LogP contribution in [0.25, 0.3) is 6.08 Å². The van der Waals surface area contributed by atoms with Gasteiger partial charge in [0.2, 0.25) is 5.91 Å². The zero-order chi connectivity index (χ0) is 20.3. The number of hydrogen-bond donors (Lipinski definition) is 1. The summed E-state index contributed by atoms with van der Waals surface area (Å²) in [5.74, 6) is 0.0871. The molecule has 0 radical (unpaired) electrons. The Bertz CT molecular complexity index is 954. The minimum absolute atomic E-state index is 0.285. The van der Waals surface area contributed by atoms with Crippen LogP contribution in [0.1, 0.15) is 18.1 Å². The Balaban J connectivity index is 1.78. The van der Waals surface area contributed by atoms with Crippen LogP contribution >= 0.6 is 24.0 Å². The van der Waals surface area contributed by atoms with Crippen molar-refractivity contribution in [1.82, 2.24) is 4.90 Å². The molecular weight excluding hydrogens is 392 g/mol. The fraction of sp³-hybridized carbons (Fsp3) is 0.190. The van der Waals surface area contributed by atoms with E-state index in [2.05, 4.69) is 5.32 Å². The third-order valence-electron chi connectivity index (χ3n) is 4.33. The minimum Gasteiger partial charge on any atom is -0.496 e. The first-order valence-electron chi connectivity index (χ1n) is 8.68. The molecule has 3 rings (SSSR count). The van der Waals surface area contributed by atoms with Crippen LogP contribution in [0, 0.1) is 6.92 Å². The van der Waals surface area contributed by atoms with Crippen LogP contribution in [0.2, 0.25) is 0 Å². The zero-order valence-corrected chi connectivity index (χ0v) is 17.4. The molecule has 2 amide bonds. The van der Waals surface area contributed by atoms with Crippen molar-refractivity contribution in [2.24, 2.45) is 0 Å². The lowest BCUT2D eigenvalue weighted by molar-refractivity contribution is -0.129. The van der Waals surface area contributed by atoms with Gasteiger partial charge >= 0.3 is 0 Å². The van der Waals surface area contributed by atoms with E-state index in [-0.39, 0.29) is 11.8 Å². The zero-order valence-electron chi connectivity index (χ0n) is 15.8. The molecule has 1 aliphatic heterocycles. The van der Waals surface area contributed by atoms with Gasteiger partial charge in [0.05, 0.1) is 12.0 Å². The quantitative estimate of drug-likeness (QED) is 0.588. The topological polar surface area (TPSA) is 58.6 Å². The number of rotatable bonds is 5. The second kappa shape index (κ2) is 8.58. The molecule has 0 saturated carbocycles. The smallest absolute Gasteiger partial charge is 0.266 e. The Kier molecular flexibility index (Phi) is 6.16. The lowest BCUT2D eigenvalue weighted by atomic mass is 10.1. The van der Waals surface area contributed by atoms with E-state index < -0.39 is 6.04 Å². The van der Waals surface area contributed by atoms with Gasteiger partial charge in [0.15, 0.2) is 0 Å². The highest BCUT2D eigenvalue weighted by Crippen LogP contribution is 2.35. The third kappa shape index (κ3) is 4.26. The van der Waals surface area contributed by atoms with Gasteiger partial charge in [0, 0.05) is 11.3 Å². The summed E-state index contributed by atoms with van der Waals surface area (Å²) in [4.78, 5) is 27.3. The van der Waals surface area contributed by atoms with Gasteiger partial charge in [-0.15, -0.1) is 0 Å². The third-order valence-corrected chi connectivity index (χ3v) is 5.67. The highest BCUT2D eigenvalue weighted by Gasteiger charge is 2.38. The molecule has 0 aromatic heterocycles. The lowest BCUT2D eigenvalue weighted by Crippen LogP contribution is -2.44. The molecule has 1 fully saturated rings. The predicted molar refractivity (Wildman–Crippen MR) is 117 cm³/mol. The van der Waals surface area contributed by atoms with E-state index in [0.717, 1.165) is 11.1 Å². The number of thiocarbonyl (C=S) groups is 1. The Morgan fingerprint density at radius 2 is 1.89 bits per heavy atom. The Morgan fingerprint density at radius 1 is 1.21 bits per heavy atom. The standard InChI is InChI=1S/C21H20N2O3S2/c1-13-8-10-16(11-9-13)22-19(24)14(2)23-20(25)18(28-21(23)27)12-15-6-4-5-7-17(15)26-3/h4-12,14H,1-3H3,(H,22,24)/b18-12-. The second-order valence-electron chi connectivity index (χ2n) is 6.32. The van der Waals surface area contributed by atoms with E-state index in [1.54, 1.807) is 20.1 Å². The van der Waals surface area contributed by atoms with Gasteiger partial charge in [-0.25, -0.2) is 0 Å². The predicted octanol–water partition coefficient (Wildman–Crippen LogP) is 4.23. The Hall–Kier alpha value is -2.64. The first kappa shape index (κ1) is 20.1. The van der Waals surface area contributed by atoms with Gasteiger partial charge in [-0.05, 0) is 38.1 Å². The summed E-state index contributed by atoms with van der Waals surface area (Å²) in [6.45, 7) is 3.64. The second-order valence-corrected chi connectivity index (χ2v) is 8.00. The molecular formula is C21H20N2O3S2. The SMILES string of the molecule is COc1ccccc1/C=C1\SC(=S)N(C(C)C(=O)Nc2ccc(C)cc2)C1=O. The first-order valence-corrected chi connectivity index (χ1v) is 9.91. The number of amides is 2. The molecule has 0 spiro atoms. The Morgan fingerprint density at radius 3 is 2.57 bits per heavy atom. The number of aryl methyl sites for hydroxylation is 1. The molecule has 144 valence electrons. The monoisotopic (exact) mass is 412 g/mol. The van der Waals surface area contributed by atoms with Crippen molar-refractivity contribution in [2.75, 3.05) is 12.4 Å². The Labute approximate surface area is 173 Å². The molecule has 1 unspecified atom stereocenters. The van der Waals surface area contributed by atoms with Gasteiger partial charge in [0.1, 0.15) is 16.1 Å². The van der Waals surface area contributed by atoms with Gasteiger partial charge in [-0.1, -0.05) is 59.9 Å². The van der Waals surface area contributed by atoms with Crippen molar-refractivity contribution in [3.05, 3.63) is 64.6 Å². The van der Waals surface area contributed by atoms with E-state index in [1.807, 2.05) is 55.5 Å². The van der Waals surface area contributed by atoms with Crippen molar-refractivity contribution in [3.8, 4) is 5.75 Å². The normalized spacial score (nSPS) is 16.4. The van der Waals surface area contributed by atoms with Crippen molar-refractivity contribution in [1.29, 1.82) is 0 Å². The van der Waals surface area contributed by atoms with E-state index in [4.69, 9.17) is 17.0 Å². The fourth-order valence-electron chi connectivity index (χ4n) is 2.74. The fourth-order valence-corrected chi connectivity index (χ4v) is 4.15. The van der Waals surface area contributed by atoms with Gasteiger partial charge < -0.3 is 10.1 Å². The summed E-state index contributed by atoms with van der Waals surface area (Å²) in [6.07, 6.45) is 1.74. The molecule has 1 atom stereocenters. The van der Waals surface area contributed by atoms with Gasteiger partial charge in [-0.2, -0.15) is 0 Å². The molecule has 7 heteroatoms. The van der Waals surface area contributed by atoms with Crippen LogP contribution < -0.4 is 10.1 Å². The molecule has 5 nitrogen and oxygen atoms in total. The number of nitrogens with one attached hydrogen (secondary N) is 1. The van der Waals surface area contributed by atoms with Crippen molar-refractivity contribution < 1.29 is 14.3 Å². The van der Waals surface area contributed by atoms with Crippen molar-refractivity contribution >= 4 is 51.9 Å². The summed E-state index contributed by atoms with van der Waals surface area (Å²) in [5.41, 5.74) is 2.56. The van der Waals surface area contributed by atoms with E-state index >= 15 is 0 Å². The van der Waals surface area contributed by atoms with Crippen LogP contribution in [0.5, 0.6) is 5.75 Å². The van der Waals surface area contributed by atoms with Crippen LogP contribution in [-0.4, -0.2) is 34.2 Å². The summed E-state index contributed by atoms with van der Waals surface area (Å²) >= 11 is 6.55. The molecule has 1 aliphatic rings.